The van der Waals surface area contributed by atoms with Gasteiger partial charge in [-0.25, -0.2) is 9.59 Å². The highest BCUT2D eigenvalue weighted by Crippen LogP contribution is 2.28. The molecule has 0 radical (unpaired) electrons. The van der Waals surface area contributed by atoms with Crippen LogP contribution in [0.3, 0.4) is 0 Å². The molecule has 0 spiro atoms. The molecule has 3 saturated heterocycles. The molecule has 3 aromatic rings. The maximum Gasteiger partial charge on any atom is 0.326 e. The number of piperazine rings is 1. The Labute approximate surface area is 269 Å². The first-order valence-electron chi connectivity index (χ1n) is 16.4. The van der Waals surface area contributed by atoms with Crippen LogP contribution in [-0.4, -0.2) is 101 Å². The summed E-state index contributed by atoms with van der Waals surface area (Å²) in [6, 6.07) is 11.0. The number of rotatable bonds is 7. The van der Waals surface area contributed by atoms with Gasteiger partial charge in [0.2, 0.25) is 5.91 Å². The van der Waals surface area contributed by atoms with Gasteiger partial charge in [0.1, 0.15) is 6.04 Å². The molecule has 3 fully saturated rings. The van der Waals surface area contributed by atoms with E-state index in [1.165, 1.54) is 0 Å². The lowest BCUT2D eigenvalue weighted by Gasteiger charge is -2.42. The van der Waals surface area contributed by atoms with Crippen molar-refractivity contribution in [2.45, 2.75) is 63.6 Å². The minimum atomic E-state index is -0.735. The maximum absolute atomic E-state index is 14.0. The van der Waals surface area contributed by atoms with Crippen LogP contribution in [-0.2, 0) is 17.6 Å². The topological polar surface area (TPSA) is 132 Å². The highest BCUT2D eigenvalue weighted by Gasteiger charge is 2.33. The van der Waals surface area contributed by atoms with Crippen LogP contribution in [0.5, 0.6) is 0 Å². The molecule has 3 amide bonds. The van der Waals surface area contributed by atoms with Crippen molar-refractivity contribution < 1.29 is 9.59 Å². The van der Waals surface area contributed by atoms with Crippen LogP contribution < -0.4 is 22.1 Å². The van der Waals surface area contributed by atoms with Crippen LogP contribution in [0.25, 0.3) is 11.0 Å². The van der Waals surface area contributed by atoms with Crippen LogP contribution in [0.1, 0.15) is 49.8 Å². The Balaban J connectivity index is 1.14. The summed E-state index contributed by atoms with van der Waals surface area (Å²) in [5.41, 5.74) is 10.1. The number of H-pyrrole nitrogens is 1. The van der Waals surface area contributed by atoms with E-state index >= 15 is 0 Å². The number of aromatic amines is 1. The number of hydrogen-bond donors (Lipinski definition) is 4. The molecule has 3 aliphatic rings. The summed E-state index contributed by atoms with van der Waals surface area (Å²) in [5.74, 6) is -0.0699. The number of aromatic nitrogens is 2. The molecule has 0 unspecified atom stereocenters. The van der Waals surface area contributed by atoms with Crippen molar-refractivity contribution in [1.29, 1.82) is 0 Å². The molecule has 4 heterocycles. The van der Waals surface area contributed by atoms with Crippen molar-refractivity contribution >= 4 is 40.3 Å². The number of para-hydroxylation sites is 2. The molecule has 5 N–H and O–H groups in total. The number of amides is 3. The highest BCUT2D eigenvalue weighted by molar-refractivity contribution is 6.33. The molecule has 3 aliphatic heterocycles. The van der Waals surface area contributed by atoms with E-state index in [-0.39, 0.29) is 23.7 Å². The van der Waals surface area contributed by atoms with Crippen LogP contribution in [0, 0.1) is 0 Å². The molecule has 242 valence electrons. The highest BCUT2D eigenvalue weighted by atomic mass is 35.5. The molecular weight excluding hydrogens is 592 g/mol. The van der Waals surface area contributed by atoms with Crippen molar-refractivity contribution in [2.24, 2.45) is 0 Å². The predicted molar refractivity (Wildman–Crippen MR) is 178 cm³/mol. The number of carbonyl (C=O) groups is 2. The van der Waals surface area contributed by atoms with Gasteiger partial charge in [-0.15, -0.1) is 0 Å². The van der Waals surface area contributed by atoms with E-state index in [0.29, 0.717) is 62.2 Å². The standard InChI is InChI=1S/C33H45ClN8O3/c1-2-23-19-22(20-26(34)30(23)35)21-28(31(43)40-17-15-39(16-18-40)24-7-11-36-12-8-24)38-32(44)41-13-9-25(10-14-41)42-29-6-4-3-5-27(29)37-33(42)45/h3-6,19-20,24-25,28,36H,2,7-18,21,35H2,1H3,(H,37,45)(H,38,44)/t28-/m1/s1. The van der Waals surface area contributed by atoms with Gasteiger partial charge in [-0.3, -0.25) is 14.3 Å². The number of nitrogens with one attached hydrogen (secondary N) is 3. The van der Waals surface area contributed by atoms with Gasteiger partial charge in [-0.2, -0.15) is 0 Å². The van der Waals surface area contributed by atoms with E-state index in [9.17, 15) is 14.4 Å². The average molecular weight is 637 g/mol. The SMILES string of the molecule is CCc1cc(C[C@@H](NC(=O)N2CCC(n3c(=O)[nH]c4ccccc43)CC2)C(=O)N2CCN(C3CCNCC3)CC2)cc(Cl)c1N. The molecule has 1 aromatic heterocycles. The Bertz CT molecular complexity index is 1570. The molecule has 0 aliphatic carbocycles. The minimum Gasteiger partial charge on any atom is -0.397 e. The van der Waals surface area contributed by atoms with Gasteiger partial charge in [0.15, 0.2) is 0 Å². The number of imidazole rings is 1. The first-order chi connectivity index (χ1) is 21.8. The monoisotopic (exact) mass is 636 g/mol. The second-order valence-corrected chi connectivity index (χ2v) is 13.0. The van der Waals surface area contributed by atoms with Gasteiger partial charge in [0.05, 0.1) is 21.7 Å². The summed E-state index contributed by atoms with van der Waals surface area (Å²) in [6.45, 7) is 8.04. The fraction of sp³-hybridized carbons (Fsp3) is 0.545. The van der Waals surface area contributed by atoms with Gasteiger partial charge >= 0.3 is 11.7 Å². The number of nitrogens with two attached hydrogens (primary N) is 1. The molecule has 12 heteroatoms. The zero-order chi connectivity index (χ0) is 31.5. The second-order valence-electron chi connectivity index (χ2n) is 12.6. The summed E-state index contributed by atoms with van der Waals surface area (Å²) < 4.78 is 1.82. The Morgan fingerprint density at radius 2 is 1.69 bits per heavy atom. The summed E-state index contributed by atoms with van der Waals surface area (Å²) in [7, 11) is 0. The number of piperidine rings is 2. The van der Waals surface area contributed by atoms with Gasteiger partial charge in [-0.05, 0) is 74.5 Å². The predicted octanol–water partition coefficient (Wildman–Crippen LogP) is 2.98. The number of hydrogen-bond acceptors (Lipinski definition) is 6. The van der Waals surface area contributed by atoms with Crippen molar-refractivity contribution in [3.63, 3.8) is 0 Å². The van der Waals surface area contributed by atoms with E-state index < -0.39 is 6.04 Å². The molecule has 6 rings (SSSR count). The third-order valence-electron chi connectivity index (χ3n) is 9.88. The number of anilines is 1. The molecule has 0 saturated carbocycles. The number of aryl methyl sites for hydroxylation is 1. The molecule has 0 bridgehead atoms. The van der Waals surface area contributed by atoms with E-state index in [1.54, 1.807) is 4.90 Å². The summed E-state index contributed by atoms with van der Waals surface area (Å²) in [6.07, 6.45) is 4.62. The lowest BCUT2D eigenvalue weighted by molar-refractivity contribution is -0.135. The summed E-state index contributed by atoms with van der Waals surface area (Å²) in [4.78, 5) is 49.6. The van der Waals surface area contributed by atoms with Gasteiger partial charge in [-0.1, -0.05) is 36.7 Å². The number of benzene rings is 2. The van der Waals surface area contributed by atoms with Crippen molar-refractivity contribution in [3.05, 3.63) is 63.0 Å². The van der Waals surface area contributed by atoms with Crippen LogP contribution in [0.2, 0.25) is 5.02 Å². The molecule has 11 nitrogen and oxygen atoms in total. The number of carbonyl (C=O) groups excluding carboxylic acids is 2. The molecule has 45 heavy (non-hydrogen) atoms. The molecule has 1 atom stereocenters. The largest absolute Gasteiger partial charge is 0.397 e. The number of halogens is 1. The Kier molecular flexibility index (Phi) is 9.67. The smallest absolute Gasteiger partial charge is 0.326 e. The molecular formula is C33H45ClN8O3. The number of nitrogen functional groups attached to an aromatic ring is 1. The first-order valence-corrected chi connectivity index (χ1v) is 16.7. The Hall–Kier alpha value is -3.54. The summed E-state index contributed by atoms with van der Waals surface area (Å²) >= 11 is 6.48. The van der Waals surface area contributed by atoms with Crippen molar-refractivity contribution in [2.75, 3.05) is 58.1 Å². The van der Waals surface area contributed by atoms with Gasteiger partial charge in [0.25, 0.3) is 0 Å². The Morgan fingerprint density at radius 1 is 0.978 bits per heavy atom. The van der Waals surface area contributed by atoms with Gasteiger partial charge < -0.3 is 31.2 Å². The lowest BCUT2D eigenvalue weighted by atomic mass is 9.99. The first kappa shape index (κ1) is 31.4. The fourth-order valence-corrected chi connectivity index (χ4v) is 7.55. The third kappa shape index (κ3) is 6.85. The normalized spacial score (nSPS) is 19.6. The molecule has 2 aromatic carbocycles. The van der Waals surface area contributed by atoms with E-state index in [0.717, 1.165) is 67.6 Å². The van der Waals surface area contributed by atoms with Crippen LogP contribution in [0.15, 0.2) is 41.2 Å². The maximum atomic E-state index is 14.0. The van der Waals surface area contributed by atoms with Gasteiger partial charge in [0, 0.05) is 57.8 Å². The van der Waals surface area contributed by atoms with E-state index in [4.69, 9.17) is 17.3 Å². The van der Waals surface area contributed by atoms with Crippen molar-refractivity contribution in [3.8, 4) is 0 Å². The fourth-order valence-electron chi connectivity index (χ4n) is 7.29. The van der Waals surface area contributed by atoms with Crippen LogP contribution >= 0.6 is 11.6 Å². The third-order valence-corrected chi connectivity index (χ3v) is 10.2. The zero-order valence-corrected chi connectivity index (χ0v) is 26.8. The number of likely N-dealkylation sites (tertiary alicyclic amines) is 1. The van der Waals surface area contributed by atoms with E-state index in [1.807, 2.05) is 52.8 Å². The Morgan fingerprint density at radius 3 is 2.40 bits per heavy atom. The second kappa shape index (κ2) is 13.8. The average Bonchev–Trinajstić information content (AvgIpc) is 3.41. The minimum absolute atomic E-state index is 0.00393. The number of nitrogens with zero attached hydrogens (tertiary/aromatic N) is 4. The number of urea groups is 1. The van der Waals surface area contributed by atoms with E-state index in [2.05, 4.69) is 20.5 Å². The lowest BCUT2D eigenvalue weighted by Crippen LogP contribution is -2.59. The summed E-state index contributed by atoms with van der Waals surface area (Å²) in [5, 5.41) is 6.99. The number of fused-ring (bicyclic) bond motifs is 1. The van der Waals surface area contributed by atoms with Crippen LogP contribution in [0.4, 0.5) is 10.5 Å². The quantitative estimate of drug-likeness (QED) is 0.295. The van der Waals surface area contributed by atoms with Crippen molar-refractivity contribution in [1.82, 2.24) is 34.9 Å². The zero-order valence-electron chi connectivity index (χ0n) is 26.1.